The number of nitrogens with one attached hydrogen (secondary N) is 1. The van der Waals surface area contributed by atoms with Crippen LogP contribution in [0.25, 0.3) is 4.96 Å². The first-order valence-corrected chi connectivity index (χ1v) is 8.64. The van der Waals surface area contributed by atoms with E-state index in [0.717, 1.165) is 23.6 Å². The van der Waals surface area contributed by atoms with Gasteiger partial charge in [-0.25, -0.2) is 4.98 Å². The maximum atomic E-state index is 4.63. The van der Waals surface area contributed by atoms with E-state index < -0.39 is 0 Å². The van der Waals surface area contributed by atoms with Crippen molar-refractivity contribution in [2.24, 2.45) is 0 Å². The molecule has 0 aliphatic heterocycles. The van der Waals surface area contributed by atoms with Crippen LogP contribution in [0.15, 0.2) is 22.2 Å². The van der Waals surface area contributed by atoms with Gasteiger partial charge in [0.25, 0.3) is 0 Å². The fourth-order valence-electron chi connectivity index (χ4n) is 2.48. The predicted octanol–water partition coefficient (Wildman–Crippen LogP) is 3.79. The van der Waals surface area contributed by atoms with Gasteiger partial charge in [-0.05, 0) is 49.6 Å². The standard InChI is InChI=1S/C15H19N3S2/c1-10(6-13-4-5-19-9-13)16-7-14-12(3)17-15-18(14)11(2)8-20-15/h4-5,8-10,16H,6-7H2,1-3H3. The molecule has 0 saturated heterocycles. The lowest BCUT2D eigenvalue weighted by Crippen LogP contribution is -2.28. The number of hydrogen-bond donors (Lipinski definition) is 1. The van der Waals surface area contributed by atoms with E-state index in [9.17, 15) is 0 Å². The van der Waals surface area contributed by atoms with Gasteiger partial charge >= 0.3 is 0 Å². The molecule has 20 heavy (non-hydrogen) atoms. The lowest BCUT2D eigenvalue weighted by Gasteiger charge is -2.13. The Morgan fingerprint density at radius 2 is 2.20 bits per heavy atom. The second kappa shape index (κ2) is 5.68. The van der Waals surface area contributed by atoms with Gasteiger partial charge < -0.3 is 5.32 Å². The Hall–Kier alpha value is -1.17. The minimum atomic E-state index is 0.466. The number of aryl methyl sites for hydroxylation is 2. The summed E-state index contributed by atoms with van der Waals surface area (Å²) in [5.41, 5.74) is 5.11. The summed E-state index contributed by atoms with van der Waals surface area (Å²) in [5, 5.41) is 10.2. The first-order chi connectivity index (χ1) is 9.65. The van der Waals surface area contributed by atoms with Crippen LogP contribution < -0.4 is 5.32 Å². The van der Waals surface area contributed by atoms with Crippen molar-refractivity contribution in [3.63, 3.8) is 0 Å². The molecule has 0 fully saturated rings. The number of imidazole rings is 1. The van der Waals surface area contributed by atoms with E-state index in [4.69, 9.17) is 0 Å². The van der Waals surface area contributed by atoms with Gasteiger partial charge in [0.2, 0.25) is 0 Å². The summed E-state index contributed by atoms with van der Waals surface area (Å²) in [4.78, 5) is 5.73. The molecular weight excluding hydrogens is 286 g/mol. The molecule has 3 nitrogen and oxygen atoms in total. The second-order valence-corrected chi connectivity index (χ2v) is 6.87. The van der Waals surface area contributed by atoms with Crippen LogP contribution in [0.2, 0.25) is 0 Å². The fourth-order valence-corrected chi connectivity index (χ4v) is 4.09. The maximum absolute atomic E-state index is 4.63. The molecule has 3 aromatic heterocycles. The van der Waals surface area contributed by atoms with E-state index in [0.29, 0.717) is 6.04 Å². The average Bonchev–Trinajstić information content (AvgIpc) is 3.08. The van der Waals surface area contributed by atoms with Gasteiger partial charge in [0.05, 0.1) is 11.4 Å². The van der Waals surface area contributed by atoms with Gasteiger partial charge in [0.15, 0.2) is 4.96 Å². The summed E-state index contributed by atoms with van der Waals surface area (Å²) >= 11 is 3.48. The van der Waals surface area contributed by atoms with Crippen molar-refractivity contribution in [3.8, 4) is 0 Å². The van der Waals surface area contributed by atoms with Gasteiger partial charge in [-0.1, -0.05) is 0 Å². The second-order valence-electron chi connectivity index (χ2n) is 5.26. The largest absolute Gasteiger partial charge is 0.308 e. The Morgan fingerprint density at radius 3 is 2.95 bits per heavy atom. The van der Waals surface area contributed by atoms with Crippen LogP contribution in [-0.2, 0) is 13.0 Å². The molecule has 3 rings (SSSR count). The zero-order valence-electron chi connectivity index (χ0n) is 12.0. The van der Waals surface area contributed by atoms with Crippen molar-refractivity contribution in [2.45, 2.75) is 39.8 Å². The van der Waals surface area contributed by atoms with E-state index in [1.807, 2.05) is 0 Å². The third kappa shape index (κ3) is 2.66. The average molecular weight is 305 g/mol. The monoisotopic (exact) mass is 305 g/mol. The molecule has 0 aromatic carbocycles. The molecule has 1 unspecified atom stereocenters. The Morgan fingerprint density at radius 1 is 1.35 bits per heavy atom. The maximum Gasteiger partial charge on any atom is 0.194 e. The van der Waals surface area contributed by atoms with Crippen molar-refractivity contribution in [1.29, 1.82) is 0 Å². The third-order valence-corrected chi connectivity index (χ3v) is 5.25. The predicted molar refractivity (Wildman–Crippen MR) is 86.9 cm³/mol. The van der Waals surface area contributed by atoms with Crippen LogP contribution in [0.4, 0.5) is 0 Å². The Bertz CT molecular complexity index is 694. The van der Waals surface area contributed by atoms with Crippen molar-refractivity contribution in [3.05, 3.63) is 44.9 Å². The molecule has 3 heterocycles. The molecule has 0 saturated carbocycles. The van der Waals surface area contributed by atoms with E-state index in [2.05, 4.69) is 57.7 Å². The van der Waals surface area contributed by atoms with E-state index in [1.165, 1.54) is 17.0 Å². The number of nitrogens with zero attached hydrogens (tertiary/aromatic N) is 2. The van der Waals surface area contributed by atoms with Gasteiger partial charge in [-0.15, -0.1) is 11.3 Å². The van der Waals surface area contributed by atoms with Gasteiger partial charge in [-0.2, -0.15) is 11.3 Å². The van der Waals surface area contributed by atoms with E-state index in [1.54, 1.807) is 22.7 Å². The summed E-state index contributed by atoms with van der Waals surface area (Å²) in [5.74, 6) is 0. The Labute approximate surface area is 127 Å². The zero-order valence-corrected chi connectivity index (χ0v) is 13.6. The SMILES string of the molecule is Cc1nc2scc(C)n2c1CNC(C)Cc1ccsc1. The molecule has 0 spiro atoms. The molecule has 1 N–H and O–H groups in total. The number of aromatic nitrogens is 2. The van der Waals surface area contributed by atoms with Gasteiger partial charge in [0.1, 0.15) is 0 Å². The van der Waals surface area contributed by atoms with Crippen molar-refractivity contribution >= 4 is 27.6 Å². The molecular formula is C15H19N3S2. The lowest BCUT2D eigenvalue weighted by molar-refractivity contribution is 0.537. The smallest absolute Gasteiger partial charge is 0.194 e. The van der Waals surface area contributed by atoms with Gasteiger partial charge in [-0.3, -0.25) is 4.40 Å². The summed E-state index contributed by atoms with van der Waals surface area (Å²) in [6, 6.07) is 2.67. The highest BCUT2D eigenvalue weighted by Gasteiger charge is 2.13. The van der Waals surface area contributed by atoms with Crippen LogP contribution in [0, 0.1) is 13.8 Å². The molecule has 1 atom stereocenters. The Kier molecular flexibility index (Phi) is 3.92. The summed E-state index contributed by atoms with van der Waals surface area (Å²) in [6.07, 6.45) is 1.08. The van der Waals surface area contributed by atoms with E-state index in [-0.39, 0.29) is 0 Å². The van der Waals surface area contributed by atoms with Gasteiger partial charge in [0, 0.05) is 23.7 Å². The van der Waals surface area contributed by atoms with Crippen LogP contribution >= 0.6 is 22.7 Å². The Balaban J connectivity index is 1.70. The molecule has 5 heteroatoms. The number of thiophene rings is 1. The van der Waals surface area contributed by atoms with Crippen LogP contribution in [-0.4, -0.2) is 15.4 Å². The molecule has 0 aliphatic carbocycles. The van der Waals surface area contributed by atoms with Crippen LogP contribution in [0.5, 0.6) is 0 Å². The highest BCUT2D eigenvalue weighted by molar-refractivity contribution is 7.15. The highest BCUT2D eigenvalue weighted by Crippen LogP contribution is 2.20. The zero-order chi connectivity index (χ0) is 14.1. The third-order valence-electron chi connectivity index (χ3n) is 3.57. The molecule has 3 aromatic rings. The molecule has 0 radical (unpaired) electrons. The van der Waals surface area contributed by atoms with E-state index >= 15 is 0 Å². The van der Waals surface area contributed by atoms with Crippen LogP contribution in [0.3, 0.4) is 0 Å². The minimum absolute atomic E-state index is 0.466. The number of thiazole rings is 1. The lowest BCUT2D eigenvalue weighted by atomic mass is 10.1. The first-order valence-electron chi connectivity index (χ1n) is 6.81. The quantitative estimate of drug-likeness (QED) is 0.777. The fraction of sp³-hybridized carbons (Fsp3) is 0.400. The van der Waals surface area contributed by atoms with Crippen molar-refractivity contribution < 1.29 is 0 Å². The molecule has 0 amide bonds. The number of fused-ring (bicyclic) bond motifs is 1. The summed E-state index contributed by atoms with van der Waals surface area (Å²) in [7, 11) is 0. The highest BCUT2D eigenvalue weighted by atomic mass is 32.1. The van der Waals surface area contributed by atoms with Crippen LogP contribution in [0.1, 0.15) is 29.6 Å². The molecule has 106 valence electrons. The topological polar surface area (TPSA) is 29.3 Å². The first kappa shape index (κ1) is 13.8. The minimum Gasteiger partial charge on any atom is -0.308 e. The number of hydrogen-bond acceptors (Lipinski definition) is 4. The van der Waals surface area contributed by atoms with Crippen molar-refractivity contribution in [1.82, 2.24) is 14.7 Å². The summed E-state index contributed by atoms with van der Waals surface area (Å²) in [6.45, 7) is 7.35. The molecule has 0 bridgehead atoms. The normalized spacial score (nSPS) is 13.2. The van der Waals surface area contributed by atoms with Crippen molar-refractivity contribution in [2.75, 3.05) is 0 Å². The molecule has 0 aliphatic rings. The number of rotatable bonds is 5. The summed E-state index contributed by atoms with van der Waals surface area (Å²) < 4.78 is 2.27.